The Labute approximate surface area is 112 Å². The van der Waals surface area contributed by atoms with Gasteiger partial charge in [0, 0.05) is 15.5 Å². The number of hydrogen-bond acceptors (Lipinski definition) is 3. The molecule has 18 heavy (non-hydrogen) atoms. The van der Waals surface area contributed by atoms with Crippen LogP contribution in [0.15, 0.2) is 35.2 Å². The summed E-state index contributed by atoms with van der Waals surface area (Å²) in [6.07, 6.45) is 0. The number of benzene rings is 1. The highest BCUT2D eigenvalue weighted by atomic mass is 32.2. The molecule has 2 nitrogen and oxygen atoms in total. The Kier molecular flexibility index (Phi) is 4.04. The minimum absolute atomic E-state index is 0.242. The van der Waals surface area contributed by atoms with Crippen LogP contribution in [0.25, 0.3) is 0 Å². The quantitative estimate of drug-likeness (QED) is 0.854. The van der Waals surface area contributed by atoms with Gasteiger partial charge in [0.1, 0.15) is 10.7 Å². The molecule has 0 fully saturated rings. The van der Waals surface area contributed by atoms with Crippen molar-refractivity contribution in [2.24, 2.45) is 0 Å². The highest BCUT2D eigenvalue weighted by Gasteiger charge is 2.11. The molecule has 0 spiro atoms. The predicted molar refractivity (Wildman–Crippen MR) is 72.0 cm³/mol. The first-order valence-electron chi connectivity index (χ1n) is 5.28. The summed E-state index contributed by atoms with van der Waals surface area (Å²) in [6, 6.07) is 8.24. The van der Waals surface area contributed by atoms with Gasteiger partial charge >= 0.3 is 5.97 Å². The van der Waals surface area contributed by atoms with E-state index in [1.165, 1.54) is 29.2 Å². The van der Waals surface area contributed by atoms with Crippen LogP contribution in [0.4, 0.5) is 4.39 Å². The Morgan fingerprint density at radius 3 is 2.78 bits per heavy atom. The van der Waals surface area contributed by atoms with Crippen LogP contribution in [-0.4, -0.2) is 11.1 Å². The second-order valence-electron chi connectivity index (χ2n) is 3.72. The molecule has 94 valence electrons. The third kappa shape index (κ3) is 2.91. The molecule has 1 aromatic carbocycles. The molecular weight excluding hydrogens is 271 g/mol. The van der Waals surface area contributed by atoms with Crippen LogP contribution in [-0.2, 0) is 5.75 Å². The molecule has 0 amide bonds. The lowest BCUT2D eigenvalue weighted by atomic mass is 10.3. The van der Waals surface area contributed by atoms with Crippen molar-refractivity contribution in [1.82, 2.24) is 0 Å². The summed E-state index contributed by atoms with van der Waals surface area (Å²) >= 11 is 2.63. The first kappa shape index (κ1) is 13.1. The molecule has 1 N–H and O–H groups in total. The van der Waals surface area contributed by atoms with Gasteiger partial charge in [-0.3, -0.25) is 0 Å². The second-order valence-corrected chi connectivity index (χ2v) is 5.99. The fraction of sp³-hybridized carbons (Fsp3) is 0.154. The fourth-order valence-electron chi connectivity index (χ4n) is 1.49. The van der Waals surface area contributed by atoms with E-state index in [2.05, 4.69) is 0 Å². The van der Waals surface area contributed by atoms with E-state index in [-0.39, 0.29) is 5.82 Å². The van der Waals surface area contributed by atoms with E-state index in [9.17, 15) is 9.18 Å². The zero-order chi connectivity index (χ0) is 13.1. The third-order valence-corrected chi connectivity index (χ3v) is 4.63. The van der Waals surface area contributed by atoms with Crippen molar-refractivity contribution in [2.45, 2.75) is 17.6 Å². The fourth-order valence-corrected chi connectivity index (χ4v) is 3.45. The Hall–Kier alpha value is -1.33. The van der Waals surface area contributed by atoms with Crippen molar-refractivity contribution in [1.29, 1.82) is 0 Å². The Morgan fingerprint density at radius 1 is 1.44 bits per heavy atom. The molecule has 0 saturated heterocycles. The summed E-state index contributed by atoms with van der Waals surface area (Å²) < 4.78 is 13.4. The van der Waals surface area contributed by atoms with Gasteiger partial charge in [0.05, 0.1) is 0 Å². The molecule has 5 heteroatoms. The van der Waals surface area contributed by atoms with E-state index in [1.807, 2.05) is 6.92 Å². The Bertz CT molecular complexity index is 578. The lowest BCUT2D eigenvalue weighted by Crippen LogP contribution is -1.90. The first-order valence-corrected chi connectivity index (χ1v) is 7.08. The molecule has 0 aliphatic rings. The summed E-state index contributed by atoms with van der Waals surface area (Å²) in [7, 11) is 0. The Morgan fingerprint density at radius 2 is 2.17 bits per heavy atom. The van der Waals surface area contributed by atoms with E-state index in [4.69, 9.17) is 5.11 Å². The van der Waals surface area contributed by atoms with Crippen molar-refractivity contribution in [3.63, 3.8) is 0 Å². The first-order chi connectivity index (χ1) is 8.58. The highest BCUT2D eigenvalue weighted by Crippen LogP contribution is 2.30. The average molecular weight is 282 g/mol. The molecule has 2 aromatic rings. The number of aromatic carboxylic acids is 1. The summed E-state index contributed by atoms with van der Waals surface area (Å²) in [5, 5.41) is 8.90. The van der Waals surface area contributed by atoms with Crippen molar-refractivity contribution in [2.75, 3.05) is 0 Å². The van der Waals surface area contributed by atoms with Gasteiger partial charge in [0.2, 0.25) is 0 Å². The van der Waals surface area contributed by atoms with Crippen molar-refractivity contribution >= 4 is 29.1 Å². The van der Waals surface area contributed by atoms with E-state index in [1.54, 1.807) is 24.3 Å². The molecule has 0 saturated carbocycles. The number of halogens is 1. The summed E-state index contributed by atoms with van der Waals surface area (Å²) in [5.41, 5.74) is 0.950. The highest BCUT2D eigenvalue weighted by molar-refractivity contribution is 7.98. The van der Waals surface area contributed by atoms with Crippen LogP contribution < -0.4 is 0 Å². The molecule has 1 heterocycles. The minimum atomic E-state index is -0.912. The summed E-state index contributed by atoms with van der Waals surface area (Å²) in [5.74, 6) is -0.574. The molecule has 0 unspecified atom stereocenters. The van der Waals surface area contributed by atoms with Crippen LogP contribution in [0, 0.1) is 12.7 Å². The third-order valence-electron chi connectivity index (χ3n) is 2.45. The number of hydrogen-bond donors (Lipinski definition) is 1. The van der Waals surface area contributed by atoms with Gasteiger partial charge in [-0.15, -0.1) is 23.1 Å². The number of aryl methyl sites for hydroxylation is 1. The van der Waals surface area contributed by atoms with Crippen LogP contribution in [0.5, 0.6) is 0 Å². The van der Waals surface area contributed by atoms with Crippen LogP contribution >= 0.6 is 23.1 Å². The van der Waals surface area contributed by atoms with Gasteiger partial charge in [-0.2, -0.15) is 0 Å². The van der Waals surface area contributed by atoms with E-state index >= 15 is 0 Å². The zero-order valence-corrected chi connectivity index (χ0v) is 11.3. The maximum Gasteiger partial charge on any atom is 0.345 e. The van der Waals surface area contributed by atoms with Crippen LogP contribution in [0.1, 0.15) is 20.1 Å². The second kappa shape index (κ2) is 5.54. The SMILES string of the molecule is Cc1sc(C(=O)O)cc1CSc1ccccc1F. The molecule has 0 radical (unpaired) electrons. The molecule has 0 aliphatic heterocycles. The zero-order valence-electron chi connectivity index (χ0n) is 9.64. The summed E-state index contributed by atoms with van der Waals surface area (Å²) in [4.78, 5) is 12.7. The molecule has 0 aliphatic carbocycles. The van der Waals surface area contributed by atoms with Gasteiger partial charge in [-0.1, -0.05) is 12.1 Å². The number of thiophene rings is 1. The van der Waals surface area contributed by atoms with Crippen molar-refractivity contribution in [3.05, 3.63) is 51.5 Å². The lowest BCUT2D eigenvalue weighted by Gasteiger charge is -2.02. The van der Waals surface area contributed by atoms with Crippen molar-refractivity contribution in [3.8, 4) is 0 Å². The van der Waals surface area contributed by atoms with Gasteiger partial charge < -0.3 is 5.11 Å². The molecule has 2 rings (SSSR count). The minimum Gasteiger partial charge on any atom is -0.477 e. The number of carboxylic acids is 1. The number of thioether (sulfide) groups is 1. The van der Waals surface area contributed by atoms with Crippen LogP contribution in [0.3, 0.4) is 0 Å². The lowest BCUT2D eigenvalue weighted by molar-refractivity contribution is 0.0702. The topological polar surface area (TPSA) is 37.3 Å². The maximum absolute atomic E-state index is 13.4. The number of carbonyl (C=O) groups is 1. The molecule has 0 bridgehead atoms. The number of carboxylic acid groups (broad SMARTS) is 1. The Balaban J connectivity index is 2.11. The number of rotatable bonds is 4. The van der Waals surface area contributed by atoms with Gasteiger partial charge in [0.25, 0.3) is 0 Å². The van der Waals surface area contributed by atoms with Crippen LogP contribution in [0.2, 0.25) is 0 Å². The van der Waals surface area contributed by atoms with Gasteiger partial charge in [-0.05, 0) is 30.7 Å². The van der Waals surface area contributed by atoms with Gasteiger partial charge in [-0.25, -0.2) is 9.18 Å². The molecule has 1 aromatic heterocycles. The average Bonchev–Trinajstić information content (AvgIpc) is 2.70. The monoisotopic (exact) mass is 282 g/mol. The molecular formula is C13H11FO2S2. The standard InChI is InChI=1S/C13H11FO2S2/c1-8-9(6-12(18-8)13(15)16)7-17-11-5-3-2-4-10(11)14/h2-6H,7H2,1H3,(H,15,16). The van der Waals surface area contributed by atoms with Gasteiger partial charge in [0.15, 0.2) is 0 Å². The molecule has 0 atom stereocenters. The smallest absolute Gasteiger partial charge is 0.345 e. The normalized spacial score (nSPS) is 10.6. The van der Waals surface area contributed by atoms with E-state index in [0.29, 0.717) is 15.5 Å². The maximum atomic E-state index is 13.4. The van der Waals surface area contributed by atoms with Crippen molar-refractivity contribution < 1.29 is 14.3 Å². The van der Waals surface area contributed by atoms with E-state index in [0.717, 1.165) is 10.4 Å². The summed E-state index contributed by atoms with van der Waals surface area (Å²) in [6.45, 7) is 1.88. The predicted octanol–water partition coefficient (Wildman–Crippen LogP) is 4.19. The van der Waals surface area contributed by atoms with E-state index < -0.39 is 5.97 Å². The largest absolute Gasteiger partial charge is 0.477 e.